The van der Waals surface area contributed by atoms with E-state index in [1.165, 1.54) is 12.8 Å². The van der Waals surface area contributed by atoms with Crippen molar-refractivity contribution in [2.45, 2.75) is 25.7 Å². The van der Waals surface area contributed by atoms with Gasteiger partial charge in [0.25, 0.3) is 5.91 Å². The highest BCUT2D eigenvalue weighted by atomic mass is 16.5. The Morgan fingerprint density at radius 3 is 2.25 bits per heavy atom. The third-order valence-corrected chi connectivity index (χ3v) is 4.14. The quantitative estimate of drug-likeness (QED) is 0.934. The SMILES string of the molecule is COc1ccc(Nc2ncc(C(=O)N3CCCCCC3)cn2)cc1. The molecule has 1 aromatic heterocycles. The zero-order valence-electron chi connectivity index (χ0n) is 13.9. The molecule has 0 atom stereocenters. The molecule has 0 unspecified atom stereocenters. The van der Waals surface area contributed by atoms with Crippen LogP contribution in [0.15, 0.2) is 36.7 Å². The van der Waals surface area contributed by atoms with Crippen LogP contribution < -0.4 is 10.1 Å². The number of ether oxygens (including phenoxy) is 1. The number of hydrogen-bond donors (Lipinski definition) is 1. The normalized spacial score (nSPS) is 14.8. The molecule has 0 bridgehead atoms. The molecule has 2 aromatic rings. The lowest BCUT2D eigenvalue weighted by atomic mass is 10.2. The molecule has 1 aliphatic heterocycles. The topological polar surface area (TPSA) is 67.3 Å². The summed E-state index contributed by atoms with van der Waals surface area (Å²) in [5, 5.41) is 3.11. The molecule has 3 rings (SSSR count). The Labute approximate surface area is 141 Å². The minimum Gasteiger partial charge on any atom is -0.497 e. The Hall–Kier alpha value is -2.63. The van der Waals surface area contributed by atoms with Crippen LogP contribution in [0.4, 0.5) is 11.6 Å². The molecule has 1 saturated heterocycles. The van der Waals surface area contributed by atoms with E-state index in [1.807, 2.05) is 29.2 Å². The second kappa shape index (κ2) is 7.77. The molecule has 0 aliphatic carbocycles. The number of aromatic nitrogens is 2. The summed E-state index contributed by atoms with van der Waals surface area (Å²) in [6, 6.07) is 7.50. The smallest absolute Gasteiger partial charge is 0.256 e. The predicted molar refractivity (Wildman–Crippen MR) is 92.7 cm³/mol. The van der Waals surface area contributed by atoms with Gasteiger partial charge in [-0.15, -0.1) is 0 Å². The lowest BCUT2D eigenvalue weighted by molar-refractivity contribution is 0.0761. The van der Waals surface area contributed by atoms with Gasteiger partial charge in [0.15, 0.2) is 0 Å². The van der Waals surface area contributed by atoms with Crippen molar-refractivity contribution < 1.29 is 9.53 Å². The van der Waals surface area contributed by atoms with Crippen LogP contribution in [0.25, 0.3) is 0 Å². The summed E-state index contributed by atoms with van der Waals surface area (Å²) < 4.78 is 5.13. The lowest BCUT2D eigenvalue weighted by Crippen LogP contribution is -2.32. The number of amides is 1. The van der Waals surface area contributed by atoms with E-state index >= 15 is 0 Å². The van der Waals surface area contributed by atoms with E-state index in [1.54, 1.807) is 19.5 Å². The first-order valence-electron chi connectivity index (χ1n) is 8.28. The Kier molecular flexibility index (Phi) is 5.25. The zero-order valence-corrected chi connectivity index (χ0v) is 13.9. The molecular weight excluding hydrogens is 304 g/mol. The second-order valence-electron chi connectivity index (χ2n) is 5.86. The van der Waals surface area contributed by atoms with E-state index in [2.05, 4.69) is 15.3 Å². The van der Waals surface area contributed by atoms with E-state index in [9.17, 15) is 4.79 Å². The highest BCUT2D eigenvalue weighted by Gasteiger charge is 2.17. The molecule has 2 heterocycles. The van der Waals surface area contributed by atoms with Gasteiger partial charge in [0, 0.05) is 31.2 Å². The highest BCUT2D eigenvalue weighted by Crippen LogP contribution is 2.18. The van der Waals surface area contributed by atoms with E-state index in [4.69, 9.17) is 4.74 Å². The van der Waals surface area contributed by atoms with E-state index in [-0.39, 0.29) is 5.91 Å². The van der Waals surface area contributed by atoms with Crippen molar-refractivity contribution in [1.29, 1.82) is 0 Å². The molecule has 0 spiro atoms. The monoisotopic (exact) mass is 326 g/mol. The fraction of sp³-hybridized carbons (Fsp3) is 0.389. The average Bonchev–Trinajstić information content (AvgIpc) is 2.92. The molecule has 0 saturated carbocycles. The first-order chi connectivity index (χ1) is 11.8. The molecule has 6 nitrogen and oxygen atoms in total. The molecule has 1 N–H and O–H groups in total. The lowest BCUT2D eigenvalue weighted by Gasteiger charge is -2.19. The summed E-state index contributed by atoms with van der Waals surface area (Å²) >= 11 is 0. The first kappa shape index (κ1) is 16.2. The first-order valence-corrected chi connectivity index (χ1v) is 8.28. The van der Waals surface area contributed by atoms with Crippen molar-refractivity contribution in [1.82, 2.24) is 14.9 Å². The Morgan fingerprint density at radius 2 is 1.67 bits per heavy atom. The number of rotatable bonds is 4. The van der Waals surface area contributed by atoms with Gasteiger partial charge in [0.05, 0.1) is 12.7 Å². The third kappa shape index (κ3) is 4.01. The fourth-order valence-electron chi connectivity index (χ4n) is 2.76. The summed E-state index contributed by atoms with van der Waals surface area (Å²) in [5.41, 5.74) is 1.40. The summed E-state index contributed by atoms with van der Waals surface area (Å²) in [6.45, 7) is 1.65. The van der Waals surface area contributed by atoms with Gasteiger partial charge >= 0.3 is 0 Å². The predicted octanol–water partition coefficient (Wildman–Crippen LogP) is 3.25. The third-order valence-electron chi connectivity index (χ3n) is 4.14. The number of carbonyl (C=O) groups is 1. The van der Waals surface area contributed by atoms with Gasteiger partial charge in [-0.3, -0.25) is 4.79 Å². The van der Waals surface area contributed by atoms with Crippen molar-refractivity contribution in [3.63, 3.8) is 0 Å². The second-order valence-corrected chi connectivity index (χ2v) is 5.86. The van der Waals surface area contributed by atoms with Crippen molar-refractivity contribution in [3.8, 4) is 5.75 Å². The average molecular weight is 326 g/mol. The van der Waals surface area contributed by atoms with Gasteiger partial charge in [-0.2, -0.15) is 0 Å². The van der Waals surface area contributed by atoms with Gasteiger partial charge in [-0.25, -0.2) is 9.97 Å². The van der Waals surface area contributed by atoms with Crippen molar-refractivity contribution in [2.24, 2.45) is 0 Å². The van der Waals surface area contributed by atoms with Crippen LogP contribution in [-0.2, 0) is 0 Å². The number of methoxy groups -OCH3 is 1. The van der Waals surface area contributed by atoms with E-state index in [0.29, 0.717) is 11.5 Å². The molecule has 1 amide bonds. The molecule has 126 valence electrons. The minimum absolute atomic E-state index is 0.0212. The number of carbonyl (C=O) groups excluding carboxylic acids is 1. The minimum atomic E-state index is 0.0212. The van der Waals surface area contributed by atoms with Crippen LogP contribution in [0.1, 0.15) is 36.0 Å². The van der Waals surface area contributed by atoms with Gasteiger partial charge in [0.2, 0.25) is 5.95 Å². The van der Waals surface area contributed by atoms with Gasteiger partial charge < -0.3 is 15.0 Å². The molecule has 6 heteroatoms. The Bertz CT molecular complexity index is 662. The van der Waals surface area contributed by atoms with Crippen LogP contribution in [0.2, 0.25) is 0 Å². The number of nitrogens with zero attached hydrogens (tertiary/aromatic N) is 3. The summed E-state index contributed by atoms with van der Waals surface area (Å²) in [5.74, 6) is 1.28. The summed E-state index contributed by atoms with van der Waals surface area (Å²) in [6.07, 6.45) is 7.72. The van der Waals surface area contributed by atoms with Crippen molar-refractivity contribution in [3.05, 3.63) is 42.2 Å². The zero-order chi connectivity index (χ0) is 16.8. The van der Waals surface area contributed by atoms with Gasteiger partial charge in [0.1, 0.15) is 5.75 Å². The van der Waals surface area contributed by atoms with Crippen LogP contribution in [0.5, 0.6) is 5.75 Å². The molecule has 24 heavy (non-hydrogen) atoms. The van der Waals surface area contributed by atoms with E-state index < -0.39 is 0 Å². The molecular formula is C18H22N4O2. The molecule has 1 aromatic carbocycles. The number of anilines is 2. The maximum atomic E-state index is 12.5. The summed E-state index contributed by atoms with van der Waals surface area (Å²) in [4.78, 5) is 22.9. The fourth-order valence-corrected chi connectivity index (χ4v) is 2.76. The van der Waals surface area contributed by atoms with Crippen LogP contribution in [0, 0.1) is 0 Å². The summed E-state index contributed by atoms with van der Waals surface area (Å²) in [7, 11) is 1.63. The molecule has 1 fully saturated rings. The molecule has 0 radical (unpaired) electrons. The Balaban J connectivity index is 1.64. The largest absolute Gasteiger partial charge is 0.497 e. The van der Waals surface area contributed by atoms with Crippen LogP contribution in [-0.4, -0.2) is 41.0 Å². The Morgan fingerprint density at radius 1 is 1.04 bits per heavy atom. The van der Waals surface area contributed by atoms with Crippen molar-refractivity contribution in [2.75, 3.05) is 25.5 Å². The number of hydrogen-bond acceptors (Lipinski definition) is 5. The standard InChI is InChI=1S/C18H22N4O2/c1-24-16-8-6-15(7-9-16)21-18-19-12-14(13-20-18)17(23)22-10-4-2-3-5-11-22/h6-9,12-13H,2-5,10-11H2,1H3,(H,19,20,21). The van der Waals surface area contributed by atoms with Crippen molar-refractivity contribution >= 4 is 17.5 Å². The highest BCUT2D eigenvalue weighted by molar-refractivity contribution is 5.93. The van der Waals surface area contributed by atoms with Crippen LogP contribution >= 0.6 is 0 Å². The molecule has 1 aliphatic rings. The maximum Gasteiger partial charge on any atom is 0.256 e. The van der Waals surface area contributed by atoms with Crippen LogP contribution in [0.3, 0.4) is 0 Å². The maximum absolute atomic E-state index is 12.5. The van der Waals surface area contributed by atoms with E-state index in [0.717, 1.165) is 37.4 Å². The number of benzene rings is 1. The van der Waals surface area contributed by atoms with Gasteiger partial charge in [-0.1, -0.05) is 12.8 Å². The number of likely N-dealkylation sites (tertiary alicyclic amines) is 1. The number of nitrogens with one attached hydrogen (secondary N) is 1. The van der Waals surface area contributed by atoms with Gasteiger partial charge in [-0.05, 0) is 37.1 Å².